The molecule has 2 aromatic carbocycles. The highest BCUT2D eigenvalue weighted by molar-refractivity contribution is 8.15. The van der Waals surface area contributed by atoms with Crippen LogP contribution in [0.2, 0.25) is 0 Å². The lowest BCUT2D eigenvalue weighted by Gasteiger charge is -2.25. The molecule has 1 fully saturated rings. The van der Waals surface area contributed by atoms with E-state index in [2.05, 4.69) is 20.6 Å². The van der Waals surface area contributed by atoms with E-state index >= 15 is 0 Å². The van der Waals surface area contributed by atoms with Crippen molar-refractivity contribution in [3.8, 4) is 5.75 Å². The predicted octanol–water partition coefficient (Wildman–Crippen LogP) is 2.36. The molecular weight excluding hydrogens is 511 g/mol. The van der Waals surface area contributed by atoms with E-state index in [-0.39, 0.29) is 22.4 Å². The zero-order valence-electron chi connectivity index (χ0n) is 18.9. The molecule has 1 saturated heterocycles. The van der Waals surface area contributed by atoms with Crippen LogP contribution in [0.15, 0.2) is 53.6 Å². The number of sulfonamides is 1. The highest BCUT2D eigenvalue weighted by atomic mass is 32.2. The molecule has 1 aliphatic rings. The second-order valence-corrected chi connectivity index (χ2v) is 10.2. The smallest absolute Gasteiger partial charge is 0.301 e. The number of carbonyl (C=O) groups is 2. The summed E-state index contributed by atoms with van der Waals surface area (Å²) in [5, 5.41) is 10.5. The first-order chi connectivity index (χ1) is 17.1. The van der Waals surface area contributed by atoms with E-state index in [1.165, 1.54) is 30.2 Å². The van der Waals surface area contributed by atoms with Crippen LogP contribution in [0, 0.1) is 5.82 Å². The summed E-state index contributed by atoms with van der Waals surface area (Å²) in [5.74, 6) is -0.692. The van der Waals surface area contributed by atoms with Gasteiger partial charge in [0.2, 0.25) is 16.0 Å². The molecule has 1 aromatic heterocycles. The van der Waals surface area contributed by atoms with Crippen LogP contribution in [-0.2, 0) is 26.2 Å². The van der Waals surface area contributed by atoms with E-state index < -0.39 is 26.9 Å². The number of nitrogens with two attached hydrogens (primary N) is 1. The van der Waals surface area contributed by atoms with Crippen LogP contribution < -0.4 is 20.5 Å². The molecule has 11 nitrogen and oxygen atoms in total. The number of thioether (sulfide) groups is 1. The van der Waals surface area contributed by atoms with Crippen LogP contribution in [0.3, 0.4) is 0 Å². The Labute approximate surface area is 210 Å². The minimum Gasteiger partial charge on any atom is -0.495 e. The number of nitrogens with zero attached hydrogens (tertiary/aromatic N) is 3. The van der Waals surface area contributed by atoms with Crippen LogP contribution in [-0.4, -0.2) is 53.7 Å². The molecule has 0 aliphatic carbocycles. The summed E-state index contributed by atoms with van der Waals surface area (Å²) in [5.41, 5.74) is 1.63. The van der Waals surface area contributed by atoms with Gasteiger partial charge in [-0.2, -0.15) is 4.98 Å². The fourth-order valence-corrected chi connectivity index (χ4v) is 4.84. The van der Waals surface area contributed by atoms with Crippen LogP contribution in [0.4, 0.5) is 27.5 Å². The Morgan fingerprint density at radius 1 is 1.14 bits per heavy atom. The van der Waals surface area contributed by atoms with Gasteiger partial charge in [-0.1, -0.05) is 23.9 Å². The Hall–Kier alpha value is -3.75. The first kappa shape index (κ1) is 25.3. The lowest BCUT2D eigenvalue weighted by atomic mass is 10.2. The van der Waals surface area contributed by atoms with Crippen LogP contribution in [0.5, 0.6) is 5.75 Å². The fraction of sp³-hybridized carbons (Fsp3) is 0.182. The number of primary sulfonamides is 1. The molecule has 14 heteroatoms. The van der Waals surface area contributed by atoms with Gasteiger partial charge >= 0.3 is 5.91 Å². The standard InChI is InChI=1S/C22H21FN6O5S2/c1-34-17-7-6-15(10-18(17)36(24,32)33)27-22-25-11-16(23)19(28-22)26-14-4-2-13(3-5-14)12-29-8-9-35-21(31)20(29)30/h2-7,10-11H,8-9,12H2,1H3,(H2,24,32,33)(H2,25,26,27,28). The number of methoxy groups -OCH3 is 1. The second kappa shape index (κ2) is 10.5. The Bertz CT molecular complexity index is 1420. The molecule has 0 atom stereocenters. The van der Waals surface area contributed by atoms with Crippen molar-refractivity contribution in [3.05, 3.63) is 60.0 Å². The molecule has 0 unspecified atom stereocenters. The molecule has 2 heterocycles. The van der Waals surface area contributed by atoms with Gasteiger partial charge in [-0.3, -0.25) is 9.59 Å². The molecule has 1 amide bonds. The SMILES string of the molecule is COc1ccc(Nc2ncc(F)c(Nc3ccc(CN4CCSC(=O)C4=O)cc3)n2)cc1S(N)(=O)=O. The number of nitrogens with one attached hydrogen (secondary N) is 2. The Kier molecular flexibility index (Phi) is 7.37. The zero-order chi connectivity index (χ0) is 25.9. The molecule has 36 heavy (non-hydrogen) atoms. The Morgan fingerprint density at radius 3 is 2.56 bits per heavy atom. The quantitative estimate of drug-likeness (QED) is 0.368. The van der Waals surface area contributed by atoms with Gasteiger partial charge in [-0.05, 0) is 35.9 Å². The summed E-state index contributed by atoms with van der Waals surface area (Å²) < 4.78 is 43.1. The lowest BCUT2D eigenvalue weighted by molar-refractivity contribution is -0.141. The van der Waals surface area contributed by atoms with Crippen molar-refractivity contribution in [3.63, 3.8) is 0 Å². The van der Waals surface area contributed by atoms with Gasteiger partial charge in [0.05, 0.1) is 13.3 Å². The highest BCUT2D eigenvalue weighted by Crippen LogP contribution is 2.28. The van der Waals surface area contributed by atoms with Crippen molar-refractivity contribution in [1.82, 2.24) is 14.9 Å². The first-order valence-electron chi connectivity index (χ1n) is 10.5. The summed E-state index contributed by atoms with van der Waals surface area (Å²) in [7, 11) is -2.73. The number of halogens is 1. The van der Waals surface area contributed by atoms with E-state index in [4.69, 9.17) is 9.88 Å². The van der Waals surface area contributed by atoms with Gasteiger partial charge in [-0.25, -0.2) is 22.9 Å². The van der Waals surface area contributed by atoms with Gasteiger partial charge in [0.15, 0.2) is 11.6 Å². The number of amides is 1. The number of carbonyl (C=O) groups excluding carboxylic acids is 2. The summed E-state index contributed by atoms with van der Waals surface area (Å²) >= 11 is 1.02. The lowest BCUT2D eigenvalue weighted by Crippen LogP contribution is -2.40. The molecule has 0 saturated carbocycles. The number of ether oxygens (including phenoxy) is 1. The maximum Gasteiger partial charge on any atom is 0.301 e. The zero-order valence-corrected chi connectivity index (χ0v) is 20.5. The van der Waals surface area contributed by atoms with E-state index in [1.54, 1.807) is 24.3 Å². The maximum absolute atomic E-state index is 14.4. The predicted molar refractivity (Wildman–Crippen MR) is 132 cm³/mol. The Balaban J connectivity index is 1.47. The highest BCUT2D eigenvalue weighted by Gasteiger charge is 2.26. The monoisotopic (exact) mass is 532 g/mol. The van der Waals surface area contributed by atoms with Gasteiger partial charge in [0, 0.05) is 30.2 Å². The van der Waals surface area contributed by atoms with Crippen LogP contribution in [0.1, 0.15) is 5.56 Å². The average Bonchev–Trinajstić information content (AvgIpc) is 2.84. The van der Waals surface area contributed by atoms with Crippen molar-refractivity contribution in [2.45, 2.75) is 11.4 Å². The molecule has 0 bridgehead atoms. The number of anilines is 4. The van der Waals surface area contributed by atoms with Crippen molar-refractivity contribution in [1.29, 1.82) is 0 Å². The molecule has 1 aliphatic heterocycles. The second-order valence-electron chi connectivity index (χ2n) is 7.61. The number of hydrogen-bond acceptors (Lipinski definition) is 10. The minimum atomic E-state index is -4.05. The first-order valence-corrected chi connectivity index (χ1v) is 13.0. The topological polar surface area (TPSA) is 157 Å². The van der Waals surface area contributed by atoms with Crippen molar-refractivity contribution < 1.29 is 27.1 Å². The van der Waals surface area contributed by atoms with Crippen molar-refractivity contribution in [2.75, 3.05) is 30.0 Å². The van der Waals surface area contributed by atoms with E-state index in [0.717, 1.165) is 23.5 Å². The van der Waals surface area contributed by atoms with Gasteiger partial charge in [-0.15, -0.1) is 0 Å². The van der Waals surface area contributed by atoms with Crippen molar-refractivity contribution in [2.24, 2.45) is 5.14 Å². The maximum atomic E-state index is 14.4. The molecule has 188 valence electrons. The van der Waals surface area contributed by atoms with E-state index in [9.17, 15) is 22.4 Å². The van der Waals surface area contributed by atoms with Gasteiger partial charge in [0.25, 0.3) is 5.12 Å². The number of aromatic nitrogens is 2. The fourth-order valence-electron chi connectivity index (χ4n) is 3.36. The third kappa shape index (κ3) is 5.90. The summed E-state index contributed by atoms with van der Waals surface area (Å²) in [6.45, 7) is 0.785. The van der Waals surface area contributed by atoms with Crippen LogP contribution >= 0.6 is 11.8 Å². The third-order valence-corrected chi connectivity index (χ3v) is 6.87. The minimum absolute atomic E-state index is 0.00667. The molecule has 4 N–H and O–H groups in total. The summed E-state index contributed by atoms with van der Waals surface area (Å²) in [6.07, 6.45) is 0.965. The molecule has 4 rings (SSSR count). The largest absolute Gasteiger partial charge is 0.495 e. The number of benzene rings is 2. The number of hydrogen-bond donors (Lipinski definition) is 3. The van der Waals surface area contributed by atoms with Gasteiger partial charge < -0.3 is 20.3 Å². The van der Waals surface area contributed by atoms with E-state index in [1.807, 2.05) is 0 Å². The Morgan fingerprint density at radius 2 is 1.86 bits per heavy atom. The number of rotatable bonds is 8. The van der Waals surface area contributed by atoms with E-state index in [0.29, 0.717) is 30.2 Å². The molecule has 3 aromatic rings. The molecule has 0 spiro atoms. The van der Waals surface area contributed by atoms with Crippen molar-refractivity contribution >= 4 is 55.9 Å². The molecule has 0 radical (unpaired) electrons. The van der Waals surface area contributed by atoms with Gasteiger partial charge in [0.1, 0.15) is 10.6 Å². The summed E-state index contributed by atoms with van der Waals surface area (Å²) in [6, 6.07) is 11.1. The average molecular weight is 533 g/mol. The van der Waals surface area contributed by atoms with Crippen LogP contribution in [0.25, 0.3) is 0 Å². The molecular formula is C22H21FN6O5S2. The normalized spacial score (nSPS) is 14.0. The third-order valence-electron chi connectivity index (χ3n) is 5.12. The summed E-state index contributed by atoms with van der Waals surface area (Å²) in [4.78, 5) is 32.8.